The van der Waals surface area contributed by atoms with Gasteiger partial charge in [-0.05, 0) is 49.1 Å². The van der Waals surface area contributed by atoms with E-state index < -0.39 is 6.04 Å². The molecule has 1 aliphatic heterocycles. The average Bonchev–Trinajstić information content (AvgIpc) is 3.25. The maximum Gasteiger partial charge on any atom is 0.256 e. The van der Waals surface area contributed by atoms with Crippen molar-refractivity contribution in [1.29, 1.82) is 0 Å². The lowest BCUT2D eigenvalue weighted by atomic mass is 10.1. The molecule has 0 spiro atoms. The zero-order valence-corrected chi connectivity index (χ0v) is 18.4. The van der Waals surface area contributed by atoms with Crippen LogP contribution in [0.3, 0.4) is 0 Å². The van der Waals surface area contributed by atoms with Gasteiger partial charge in [0.25, 0.3) is 5.91 Å². The number of rotatable bonds is 7. The lowest BCUT2D eigenvalue weighted by Gasteiger charge is -2.24. The Morgan fingerprint density at radius 1 is 1.13 bits per heavy atom. The number of likely N-dealkylation sites (tertiary alicyclic amines) is 1. The van der Waals surface area contributed by atoms with E-state index in [0.29, 0.717) is 53.0 Å². The largest absolute Gasteiger partial charge is 0.497 e. The minimum Gasteiger partial charge on any atom is -0.497 e. The van der Waals surface area contributed by atoms with E-state index in [-0.39, 0.29) is 11.8 Å². The summed E-state index contributed by atoms with van der Waals surface area (Å²) >= 11 is 12.2. The molecule has 1 fully saturated rings. The molecule has 1 unspecified atom stereocenters. The molecule has 0 aliphatic carbocycles. The highest BCUT2D eigenvalue weighted by Gasteiger charge is 2.35. The summed E-state index contributed by atoms with van der Waals surface area (Å²) in [6.07, 6.45) is 1.97. The highest BCUT2D eigenvalue weighted by atomic mass is 35.5. The van der Waals surface area contributed by atoms with Crippen LogP contribution in [-0.4, -0.2) is 50.1 Å². The molecule has 2 aromatic carbocycles. The van der Waals surface area contributed by atoms with Crippen LogP contribution < -0.4 is 14.8 Å². The number of amides is 2. The number of carbonyl (C=O) groups excluding carboxylic acids is 2. The summed E-state index contributed by atoms with van der Waals surface area (Å²) in [5, 5.41) is 3.69. The van der Waals surface area contributed by atoms with Crippen molar-refractivity contribution in [1.82, 2.24) is 10.2 Å². The number of methoxy groups -OCH3 is 2. The van der Waals surface area contributed by atoms with Gasteiger partial charge >= 0.3 is 0 Å². The first-order chi connectivity index (χ1) is 14.4. The third-order valence-electron chi connectivity index (χ3n) is 5.16. The second-order valence-corrected chi connectivity index (χ2v) is 7.84. The van der Waals surface area contributed by atoms with E-state index in [9.17, 15) is 9.59 Å². The molecule has 2 aromatic rings. The van der Waals surface area contributed by atoms with E-state index in [1.165, 1.54) is 6.07 Å². The predicted molar refractivity (Wildman–Crippen MR) is 117 cm³/mol. The fourth-order valence-corrected chi connectivity index (χ4v) is 3.97. The fraction of sp³-hybridized carbons (Fsp3) is 0.364. The molecule has 2 amide bonds. The van der Waals surface area contributed by atoms with Crippen molar-refractivity contribution in [3.8, 4) is 11.5 Å². The topological polar surface area (TPSA) is 67.9 Å². The van der Waals surface area contributed by atoms with Gasteiger partial charge in [0.15, 0.2) is 0 Å². The summed E-state index contributed by atoms with van der Waals surface area (Å²) in [5.41, 5.74) is 1.27. The maximum atomic E-state index is 12.9. The SMILES string of the molecule is COc1ccc(CCNC(=O)C2CCCN2C(=O)c2cc(Cl)ccc2Cl)c(OC)c1. The van der Waals surface area contributed by atoms with Crippen LogP contribution >= 0.6 is 23.2 Å². The minimum absolute atomic E-state index is 0.175. The Hall–Kier alpha value is -2.44. The molecular weight excluding hydrogens is 427 g/mol. The first kappa shape index (κ1) is 22.2. The smallest absolute Gasteiger partial charge is 0.256 e. The van der Waals surface area contributed by atoms with Crippen molar-refractivity contribution < 1.29 is 19.1 Å². The summed E-state index contributed by atoms with van der Waals surface area (Å²) in [4.78, 5) is 27.3. The van der Waals surface area contributed by atoms with Gasteiger partial charge in [0.05, 0.1) is 24.8 Å². The highest BCUT2D eigenvalue weighted by Crippen LogP contribution is 2.27. The van der Waals surface area contributed by atoms with E-state index >= 15 is 0 Å². The Balaban J connectivity index is 1.62. The van der Waals surface area contributed by atoms with Crippen LogP contribution in [-0.2, 0) is 11.2 Å². The van der Waals surface area contributed by atoms with Gasteiger partial charge in [-0.15, -0.1) is 0 Å². The highest BCUT2D eigenvalue weighted by molar-refractivity contribution is 6.35. The van der Waals surface area contributed by atoms with Crippen LogP contribution in [0.15, 0.2) is 36.4 Å². The van der Waals surface area contributed by atoms with Gasteiger partial charge in [-0.1, -0.05) is 29.3 Å². The Morgan fingerprint density at radius 3 is 2.67 bits per heavy atom. The van der Waals surface area contributed by atoms with Crippen molar-refractivity contribution in [2.24, 2.45) is 0 Å². The van der Waals surface area contributed by atoms with Crippen LogP contribution in [0.2, 0.25) is 10.0 Å². The van der Waals surface area contributed by atoms with Gasteiger partial charge in [-0.25, -0.2) is 0 Å². The normalized spacial score (nSPS) is 15.7. The van der Waals surface area contributed by atoms with Crippen molar-refractivity contribution in [2.75, 3.05) is 27.3 Å². The second-order valence-electron chi connectivity index (χ2n) is 7.00. The summed E-state index contributed by atoms with van der Waals surface area (Å²) in [6.45, 7) is 0.935. The Kier molecular flexibility index (Phi) is 7.45. The van der Waals surface area contributed by atoms with Crippen molar-refractivity contribution in [3.63, 3.8) is 0 Å². The van der Waals surface area contributed by atoms with Gasteiger partial charge in [0.1, 0.15) is 17.5 Å². The summed E-state index contributed by atoms with van der Waals surface area (Å²) in [6, 6.07) is 9.80. The Bertz CT molecular complexity index is 935. The van der Waals surface area contributed by atoms with Crippen LogP contribution in [0.25, 0.3) is 0 Å². The first-order valence-corrected chi connectivity index (χ1v) is 10.4. The van der Waals surface area contributed by atoms with E-state index in [2.05, 4.69) is 5.32 Å². The molecule has 6 nitrogen and oxygen atoms in total. The zero-order chi connectivity index (χ0) is 21.7. The molecule has 1 atom stereocenters. The molecule has 30 heavy (non-hydrogen) atoms. The maximum absolute atomic E-state index is 12.9. The van der Waals surface area contributed by atoms with Crippen LogP contribution in [0, 0.1) is 0 Å². The van der Waals surface area contributed by atoms with Crippen LogP contribution in [0.1, 0.15) is 28.8 Å². The monoisotopic (exact) mass is 450 g/mol. The molecule has 0 bridgehead atoms. The van der Waals surface area contributed by atoms with E-state index in [0.717, 1.165) is 12.0 Å². The average molecular weight is 451 g/mol. The lowest BCUT2D eigenvalue weighted by Crippen LogP contribution is -2.46. The van der Waals surface area contributed by atoms with E-state index in [4.69, 9.17) is 32.7 Å². The van der Waals surface area contributed by atoms with Crippen LogP contribution in [0.5, 0.6) is 11.5 Å². The van der Waals surface area contributed by atoms with Gasteiger partial charge in [-0.2, -0.15) is 0 Å². The zero-order valence-electron chi connectivity index (χ0n) is 16.9. The summed E-state index contributed by atoms with van der Waals surface area (Å²) in [5.74, 6) is 0.958. The molecule has 1 N–H and O–H groups in total. The molecule has 0 aromatic heterocycles. The third-order valence-corrected chi connectivity index (χ3v) is 5.73. The molecule has 0 radical (unpaired) electrons. The number of ether oxygens (including phenoxy) is 2. The predicted octanol–water partition coefficient (Wildman–Crippen LogP) is 3.97. The molecule has 3 rings (SSSR count). The Labute approximate surface area is 186 Å². The number of halogens is 2. The quantitative estimate of drug-likeness (QED) is 0.692. The molecule has 1 aliphatic rings. The number of hydrogen-bond acceptors (Lipinski definition) is 4. The van der Waals surface area contributed by atoms with Crippen LogP contribution in [0.4, 0.5) is 0 Å². The second kappa shape index (κ2) is 10.0. The number of nitrogens with one attached hydrogen (secondary N) is 1. The number of carbonyl (C=O) groups is 2. The van der Waals surface area contributed by atoms with Gasteiger partial charge in [0, 0.05) is 24.2 Å². The lowest BCUT2D eigenvalue weighted by molar-refractivity contribution is -0.124. The first-order valence-electron chi connectivity index (χ1n) is 9.69. The molecular formula is C22H24Cl2N2O4. The van der Waals surface area contributed by atoms with E-state index in [1.54, 1.807) is 31.3 Å². The number of benzene rings is 2. The number of hydrogen-bond donors (Lipinski definition) is 1. The van der Waals surface area contributed by atoms with Gasteiger partial charge in [0.2, 0.25) is 5.91 Å². The third kappa shape index (κ3) is 4.99. The summed E-state index contributed by atoms with van der Waals surface area (Å²) in [7, 11) is 3.19. The fourth-order valence-electron chi connectivity index (χ4n) is 3.60. The minimum atomic E-state index is -0.523. The molecule has 8 heteroatoms. The molecule has 1 saturated heterocycles. The van der Waals surface area contributed by atoms with E-state index in [1.807, 2.05) is 18.2 Å². The van der Waals surface area contributed by atoms with Crippen molar-refractivity contribution >= 4 is 35.0 Å². The van der Waals surface area contributed by atoms with Gasteiger partial charge < -0.3 is 19.7 Å². The molecule has 0 saturated carbocycles. The van der Waals surface area contributed by atoms with Crippen molar-refractivity contribution in [2.45, 2.75) is 25.3 Å². The number of nitrogens with zero attached hydrogens (tertiary/aromatic N) is 1. The standard InChI is InChI=1S/C22H24Cl2N2O4/c1-29-16-7-5-14(20(13-16)30-2)9-10-25-21(27)19-4-3-11-26(19)22(28)17-12-15(23)6-8-18(17)24/h5-8,12-13,19H,3-4,9-11H2,1-2H3,(H,25,27). The Morgan fingerprint density at radius 2 is 1.93 bits per heavy atom. The summed E-state index contributed by atoms with van der Waals surface area (Å²) < 4.78 is 10.6. The molecule has 160 valence electrons. The van der Waals surface area contributed by atoms with Crippen molar-refractivity contribution in [3.05, 3.63) is 57.6 Å². The van der Waals surface area contributed by atoms with Gasteiger partial charge in [-0.3, -0.25) is 9.59 Å². The molecule has 1 heterocycles.